The fourth-order valence-corrected chi connectivity index (χ4v) is 6.07. The van der Waals surface area contributed by atoms with Crippen LogP contribution in [0.4, 0.5) is 0 Å². The van der Waals surface area contributed by atoms with Crippen LogP contribution in [0.1, 0.15) is 71.6 Å². The molecule has 0 bridgehead atoms. The molecule has 0 saturated heterocycles. The van der Waals surface area contributed by atoms with Gasteiger partial charge in [-0.1, -0.05) is 134 Å². The molecule has 2 atom stereocenters. The fourth-order valence-electron chi connectivity index (χ4n) is 6.07. The van der Waals surface area contributed by atoms with Crippen molar-refractivity contribution in [2.75, 3.05) is 0 Å². The van der Waals surface area contributed by atoms with E-state index >= 15 is 0 Å². The van der Waals surface area contributed by atoms with E-state index in [0.29, 0.717) is 11.1 Å². The van der Waals surface area contributed by atoms with E-state index in [1.54, 1.807) is 33.6 Å². The largest absolute Gasteiger partial charge is 0.290 e. The summed E-state index contributed by atoms with van der Waals surface area (Å²) in [6, 6.07) is 33.1. The van der Waals surface area contributed by atoms with Crippen molar-refractivity contribution in [1.29, 1.82) is 0 Å². The first-order valence-corrected chi connectivity index (χ1v) is 17.2. The molecule has 14 heteroatoms. The van der Waals surface area contributed by atoms with Crippen molar-refractivity contribution in [3.63, 3.8) is 0 Å². The van der Waals surface area contributed by atoms with E-state index in [1.165, 1.54) is 73.2 Å². The summed E-state index contributed by atoms with van der Waals surface area (Å²) in [5, 5.41) is 24.8. The Morgan fingerprint density at radius 3 is 1.21 bits per heavy atom. The Morgan fingerprint density at radius 2 is 0.846 bits per heavy atom. The Bertz CT molecular complexity index is 2140. The third-order valence-electron chi connectivity index (χ3n) is 8.68. The molecule has 14 nitrogen and oxygen atoms in total. The number of benzene rings is 4. The number of carbonyl (C=O) groups is 2. The molecule has 1 fully saturated rings. The first-order valence-electron chi connectivity index (χ1n) is 17.2. The Kier molecular flexibility index (Phi) is 10.6. The zero-order chi connectivity index (χ0) is 35.5. The molecular formula is C38H36N12O2. The average molecular weight is 693 g/mol. The molecule has 0 spiro atoms. The molecule has 9 rings (SSSR count). The van der Waals surface area contributed by atoms with E-state index in [4.69, 9.17) is 0 Å². The number of Topliss-reactive ketones (excluding diaryl/α,β-unsaturated/α-hetero) is 2. The number of para-hydroxylation sites is 2. The van der Waals surface area contributed by atoms with Gasteiger partial charge in [-0.3, -0.25) is 9.59 Å². The smallest absolute Gasteiger partial charge is 0.210 e. The van der Waals surface area contributed by atoms with Crippen LogP contribution in [0.5, 0.6) is 0 Å². The monoisotopic (exact) mass is 692 g/mol. The van der Waals surface area contributed by atoms with Gasteiger partial charge in [-0.15, -0.1) is 10.2 Å². The second kappa shape index (κ2) is 16.3. The molecule has 4 aromatic carbocycles. The molecule has 1 saturated carbocycles. The van der Waals surface area contributed by atoms with E-state index in [2.05, 4.69) is 40.8 Å². The summed E-state index contributed by atoms with van der Waals surface area (Å²) in [7, 11) is 0. The Morgan fingerprint density at radius 1 is 0.481 bits per heavy atom. The van der Waals surface area contributed by atoms with Gasteiger partial charge in [0.25, 0.3) is 0 Å². The van der Waals surface area contributed by atoms with Crippen molar-refractivity contribution < 1.29 is 9.59 Å². The van der Waals surface area contributed by atoms with Crippen LogP contribution in [-0.2, 0) is 0 Å². The van der Waals surface area contributed by atoms with Gasteiger partial charge in [0.1, 0.15) is 36.3 Å². The molecule has 0 aliphatic heterocycles. The van der Waals surface area contributed by atoms with Crippen LogP contribution in [0, 0.1) is 0 Å². The maximum absolute atomic E-state index is 13.0. The summed E-state index contributed by atoms with van der Waals surface area (Å²) in [6.07, 6.45) is 13.2. The highest BCUT2D eigenvalue weighted by Gasteiger charge is 2.28. The Balaban J connectivity index is 0.000000139. The summed E-state index contributed by atoms with van der Waals surface area (Å²) in [6.45, 7) is 0. The summed E-state index contributed by atoms with van der Waals surface area (Å²) in [5.74, 6) is -0.265. The lowest BCUT2D eigenvalue weighted by Crippen LogP contribution is -2.28. The van der Waals surface area contributed by atoms with E-state index < -0.39 is 12.3 Å². The lowest BCUT2D eigenvalue weighted by Gasteiger charge is -2.16. The van der Waals surface area contributed by atoms with Crippen LogP contribution >= 0.6 is 0 Å². The van der Waals surface area contributed by atoms with Gasteiger partial charge in [-0.05, 0) is 24.3 Å². The summed E-state index contributed by atoms with van der Waals surface area (Å²) < 4.78 is 6.10. The van der Waals surface area contributed by atoms with Crippen LogP contribution in [0.3, 0.4) is 0 Å². The zero-order valence-corrected chi connectivity index (χ0v) is 28.3. The van der Waals surface area contributed by atoms with Crippen molar-refractivity contribution >= 4 is 33.6 Å². The van der Waals surface area contributed by atoms with Gasteiger partial charge < -0.3 is 0 Å². The molecule has 260 valence electrons. The second-order valence-corrected chi connectivity index (χ2v) is 12.1. The maximum atomic E-state index is 13.0. The predicted octanol–water partition coefficient (Wildman–Crippen LogP) is 6.25. The highest BCUT2D eigenvalue weighted by molar-refractivity contribution is 6.00. The Labute approximate surface area is 298 Å². The van der Waals surface area contributed by atoms with Gasteiger partial charge >= 0.3 is 0 Å². The van der Waals surface area contributed by atoms with Crippen molar-refractivity contribution in [3.05, 3.63) is 146 Å². The molecule has 4 aromatic heterocycles. The molecule has 4 heterocycles. The lowest BCUT2D eigenvalue weighted by molar-refractivity contribution is 0.0880. The fraction of sp³-hybridized carbons (Fsp3) is 0.211. The van der Waals surface area contributed by atoms with E-state index in [1.807, 2.05) is 84.9 Å². The summed E-state index contributed by atoms with van der Waals surface area (Å²) >= 11 is 0. The van der Waals surface area contributed by atoms with Gasteiger partial charge in [0, 0.05) is 11.1 Å². The molecule has 8 aromatic rings. The normalized spacial score (nSPS) is 13.7. The summed E-state index contributed by atoms with van der Waals surface area (Å²) in [5.41, 5.74) is 4.12. The van der Waals surface area contributed by atoms with Crippen LogP contribution in [-0.4, -0.2) is 71.1 Å². The first-order chi connectivity index (χ1) is 25.7. The third kappa shape index (κ3) is 7.55. The highest BCUT2D eigenvalue weighted by Crippen LogP contribution is 2.22. The minimum atomic E-state index is -0.771. The van der Waals surface area contributed by atoms with Crippen LogP contribution in [0.15, 0.2) is 135 Å². The van der Waals surface area contributed by atoms with Crippen LogP contribution < -0.4 is 0 Å². The third-order valence-corrected chi connectivity index (χ3v) is 8.68. The second-order valence-electron chi connectivity index (χ2n) is 12.1. The lowest BCUT2D eigenvalue weighted by atomic mass is 10.0. The number of nitrogens with zero attached hydrogens (tertiary/aromatic N) is 12. The van der Waals surface area contributed by atoms with Crippen LogP contribution in [0.2, 0.25) is 0 Å². The topological polar surface area (TPSA) is 157 Å². The Hall–Kier alpha value is -6.70. The number of carbonyl (C=O) groups excluding carboxylic acids is 2. The van der Waals surface area contributed by atoms with Crippen molar-refractivity contribution in [3.8, 4) is 0 Å². The van der Waals surface area contributed by atoms with E-state index in [-0.39, 0.29) is 11.6 Å². The van der Waals surface area contributed by atoms with Gasteiger partial charge in [0.15, 0.2) is 0 Å². The number of fused-ring (bicyclic) bond motifs is 2. The SMILES string of the molecule is C1CCCCC1.O=C(c1ccccc1)[C@@H](n1cncn1)n1nnc2ccccc21.O=C(c1ccccc1)[C@H](n1cncn1)n1nnc2ccccc21. The minimum absolute atomic E-state index is 0.133. The van der Waals surface area contributed by atoms with Crippen LogP contribution in [0.25, 0.3) is 22.1 Å². The molecule has 1 aliphatic carbocycles. The highest BCUT2D eigenvalue weighted by atomic mass is 16.1. The molecule has 0 unspecified atom stereocenters. The predicted molar refractivity (Wildman–Crippen MR) is 193 cm³/mol. The summed E-state index contributed by atoms with van der Waals surface area (Å²) in [4.78, 5) is 33.9. The molecule has 1 aliphatic rings. The molecule has 0 N–H and O–H groups in total. The molecular weight excluding hydrogens is 656 g/mol. The van der Waals surface area contributed by atoms with Crippen molar-refractivity contribution in [2.45, 2.75) is 50.9 Å². The number of aromatic nitrogens is 12. The molecule has 0 radical (unpaired) electrons. The van der Waals surface area contributed by atoms with Gasteiger partial charge in [-0.25, -0.2) is 28.7 Å². The first kappa shape index (κ1) is 33.8. The standard InChI is InChI=1S/2C16H12N6O.C6H12/c2*23-15(12-6-2-1-3-7-12)16(21-11-17-10-18-21)22-14-9-5-4-8-13(14)19-20-22;1-2-4-6-5-3-1/h2*1-11,16H;1-6H2/t2*16-;/m10./s1. The number of hydrogen-bond acceptors (Lipinski definition) is 10. The number of rotatable bonds is 8. The maximum Gasteiger partial charge on any atom is 0.210 e. The van der Waals surface area contributed by atoms with Crippen molar-refractivity contribution in [1.82, 2.24) is 59.5 Å². The van der Waals surface area contributed by atoms with E-state index in [0.717, 1.165) is 22.1 Å². The molecule has 0 amide bonds. The zero-order valence-electron chi connectivity index (χ0n) is 28.3. The quantitative estimate of drug-likeness (QED) is 0.167. The number of ketones is 2. The van der Waals surface area contributed by atoms with Gasteiger partial charge in [0.05, 0.1) is 11.0 Å². The molecule has 52 heavy (non-hydrogen) atoms. The van der Waals surface area contributed by atoms with E-state index in [9.17, 15) is 9.59 Å². The van der Waals surface area contributed by atoms with Gasteiger partial charge in [0.2, 0.25) is 23.9 Å². The average Bonchev–Trinajstić information content (AvgIpc) is 4.07. The minimum Gasteiger partial charge on any atom is -0.290 e. The van der Waals surface area contributed by atoms with Crippen molar-refractivity contribution in [2.24, 2.45) is 0 Å². The van der Waals surface area contributed by atoms with Gasteiger partial charge in [-0.2, -0.15) is 10.2 Å². The number of hydrogen-bond donors (Lipinski definition) is 0.